The molecule has 36 heteroatoms. The Balaban J connectivity index is 0.772. The highest BCUT2D eigenvalue weighted by molar-refractivity contribution is 5.85. The number of carbonyl (C=O) groups excluding carboxylic acids is 1. The third-order valence-electron chi connectivity index (χ3n) is 27.0. The van der Waals surface area contributed by atoms with Gasteiger partial charge in [0.1, 0.15) is 152 Å². The molecule has 0 spiro atoms. The van der Waals surface area contributed by atoms with Gasteiger partial charge in [-0.2, -0.15) is 0 Å². The number of ether oxygens (including phenoxy) is 12. The zero-order chi connectivity index (χ0) is 75.9. The SMILES string of the molecule is CC1(C)CC[C@]2(C(=O)NCc3cn(C[C@H]4O[C@@H]5O[C@H]6[C@H](O)[C@@H](O)[C@@H](O[C@H]7[C@H](O)[C@@H](O)[C@@H](O[C@H]8[C@H](O)[C@@H](O)[C@@H](O[C@H]9[C@H](O)[C@@H](O)[C@@H](O[C@H]%10[C@H](O)[C@@H](O)[C@@H](O[C@H]4[C@H](O)[C@H]5O)O[C@@H]%10CO)O[C@@H]9CO)O[C@@H]8CO)O[C@@H]7CO)O[C@@H]6CO)nn3)[C@H](O)C[C@]3(C)C(=CC[C@@H]4[C@@]5(C)CC[C@H](O)C(C)(C)[C@@H]5CC[C@]43C)[C@H]2C1. The summed E-state index contributed by atoms with van der Waals surface area (Å²) < 4.78 is 72.4. The highest BCUT2D eigenvalue weighted by atomic mass is 16.8. The van der Waals surface area contributed by atoms with Crippen molar-refractivity contribution in [2.45, 2.75) is 316 Å². The maximum atomic E-state index is 15.4. The van der Waals surface area contributed by atoms with Gasteiger partial charge >= 0.3 is 0 Å². The molecule has 12 bridgehead atoms. The van der Waals surface area contributed by atoms with Crippen molar-refractivity contribution < 1.29 is 159 Å². The Hall–Kier alpha value is -2.89. The number of nitrogens with zero attached hydrogens (tertiary/aromatic N) is 3. The van der Waals surface area contributed by atoms with Crippen molar-refractivity contribution in [1.82, 2.24) is 20.3 Å². The largest absolute Gasteiger partial charge is 0.394 e. The van der Waals surface area contributed by atoms with Gasteiger partial charge in [0, 0.05) is 0 Å². The molecule has 22 saturated heterocycles. The molecule has 5 aliphatic carbocycles. The fourth-order valence-electron chi connectivity index (χ4n) is 20.7. The van der Waals surface area contributed by atoms with Gasteiger partial charge in [0.05, 0.1) is 69.9 Å². The molecular weight excluding hydrogens is 1400 g/mol. The lowest BCUT2D eigenvalue weighted by Gasteiger charge is -2.71. The number of rotatable bonds is 10. The Morgan fingerprint density at radius 2 is 0.838 bits per heavy atom. The van der Waals surface area contributed by atoms with Crippen LogP contribution in [-0.2, 0) is 74.7 Å². The number of aromatic nitrogens is 3. The molecule has 105 heavy (non-hydrogen) atoms. The fraction of sp³-hybridized carbons (Fsp3) is 0.928. The standard InChI is InChI=1S/C69H110N4O32/c1-64(2)14-15-69(28(16-64)27-8-9-36-66(5)12-11-37(79)65(3,4)35(66)10-13-67(36,6)68(27,7)17-38(69)80)63(93)70-18-26-19-73(72-71-26)20-29-51-39(81)45(87)57(94-29)101-52-30(21-74)96-59(47(89)41(52)83)103-54-32(23-76)98-61(49(91)43(54)85)105-56-34(25-78)99-62(50(92)44(56)86)104-55-33(24-77)97-60(48(90)42(55)84)102-53-31(22-75)95-58(100-51)46(88)40(53)82/h8,19,28-62,74-92H,9-18,20-25H2,1-7H3,(H,70,93)/t28-,29-,30-,31-,32-,33-,34-,35+,36-,37+,38-,39-,40-,41-,42-,43-,44-,45-,46-,47-,48-,49-,50-,51-,52-,53-,54-,55-,56-,57-,58-,59-,60-,61-,62-,66+,67-,68-,69-/m1/s1. The average Bonchev–Trinajstić information content (AvgIpc) is 0.938. The van der Waals surface area contributed by atoms with Gasteiger partial charge in [-0.1, -0.05) is 65.3 Å². The molecule has 598 valence electrons. The second-order valence-electron chi connectivity index (χ2n) is 33.6. The second-order valence-corrected chi connectivity index (χ2v) is 33.6. The molecule has 0 radical (unpaired) electrons. The van der Waals surface area contributed by atoms with E-state index >= 15 is 4.79 Å². The van der Waals surface area contributed by atoms with Crippen LogP contribution in [-0.4, -0.2) is 347 Å². The predicted octanol–water partition coefficient (Wildman–Crippen LogP) is -7.01. The van der Waals surface area contributed by atoms with E-state index in [0.29, 0.717) is 31.6 Å². The number of aliphatic hydroxyl groups excluding tert-OH is 19. The number of allylic oxidation sites excluding steroid dienone is 2. The van der Waals surface area contributed by atoms with Crippen molar-refractivity contribution in [2.24, 2.45) is 50.2 Å². The fourth-order valence-corrected chi connectivity index (χ4v) is 20.7. The van der Waals surface area contributed by atoms with Crippen LogP contribution in [0.15, 0.2) is 17.8 Å². The minimum Gasteiger partial charge on any atom is -0.394 e. The van der Waals surface area contributed by atoms with Crippen LogP contribution in [0.25, 0.3) is 0 Å². The lowest BCUT2D eigenvalue weighted by Crippen LogP contribution is -2.69. The molecule has 4 saturated carbocycles. The maximum Gasteiger partial charge on any atom is 0.229 e. The first kappa shape index (κ1) is 80.2. The van der Waals surface area contributed by atoms with E-state index in [4.69, 9.17) is 56.8 Å². The number of fused-ring (bicyclic) bond motifs is 7. The maximum absolute atomic E-state index is 15.4. The third kappa shape index (κ3) is 13.6. The molecule has 28 rings (SSSR count). The molecule has 39 atom stereocenters. The monoisotopic (exact) mass is 1510 g/mol. The zero-order valence-electron chi connectivity index (χ0n) is 59.8. The number of hydrogen-bond donors (Lipinski definition) is 20. The van der Waals surface area contributed by atoms with Gasteiger partial charge in [0.2, 0.25) is 5.91 Å². The van der Waals surface area contributed by atoms with E-state index in [1.807, 2.05) is 0 Å². The Labute approximate surface area is 605 Å². The summed E-state index contributed by atoms with van der Waals surface area (Å²) in [5.41, 5.74) is -0.982. The summed E-state index contributed by atoms with van der Waals surface area (Å²) in [4.78, 5) is 15.4. The van der Waals surface area contributed by atoms with Crippen LogP contribution >= 0.6 is 0 Å². The van der Waals surface area contributed by atoms with Gasteiger partial charge < -0.3 is 159 Å². The molecule has 1 amide bonds. The van der Waals surface area contributed by atoms with Crippen molar-refractivity contribution in [3.05, 3.63) is 23.5 Å². The molecule has 23 heterocycles. The van der Waals surface area contributed by atoms with Crippen LogP contribution in [0.4, 0.5) is 0 Å². The first-order valence-electron chi connectivity index (χ1n) is 36.9. The molecule has 1 aromatic heterocycles. The number of hydrogen-bond acceptors (Lipinski definition) is 34. The van der Waals surface area contributed by atoms with Crippen LogP contribution in [0.1, 0.15) is 112 Å². The van der Waals surface area contributed by atoms with Crippen LogP contribution in [0, 0.1) is 50.2 Å². The van der Waals surface area contributed by atoms with Gasteiger partial charge in [0.25, 0.3) is 0 Å². The molecular formula is C69H110N4O32. The van der Waals surface area contributed by atoms with Crippen LogP contribution in [0.2, 0.25) is 0 Å². The first-order chi connectivity index (χ1) is 49.6. The Morgan fingerprint density at radius 3 is 1.23 bits per heavy atom. The van der Waals surface area contributed by atoms with Gasteiger partial charge in [-0.05, 0) is 103 Å². The molecule has 36 nitrogen and oxygen atoms in total. The van der Waals surface area contributed by atoms with E-state index in [9.17, 15) is 97.0 Å². The lowest BCUT2D eigenvalue weighted by atomic mass is 9.33. The van der Waals surface area contributed by atoms with Crippen LogP contribution in [0.5, 0.6) is 0 Å². The number of aliphatic hydroxyl groups is 19. The van der Waals surface area contributed by atoms with E-state index in [-0.39, 0.29) is 51.6 Å². The van der Waals surface area contributed by atoms with E-state index in [1.54, 1.807) is 0 Å². The minimum absolute atomic E-state index is 0.0584. The van der Waals surface area contributed by atoms with Gasteiger partial charge in [0.15, 0.2) is 37.7 Å². The minimum atomic E-state index is -2.23. The normalized spacial score (nSPS) is 52.8. The summed E-state index contributed by atoms with van der Waals surface area (Å²) in [6, 6.07) is 0. The quantitative estimate of drug-likeness (QED) is 0.0968. The lowest BCUT2D eigenvalue weighted by molar-refractivity contribution is -0.403. The van der Waals surface area contributed by atoms with Gasteiger partial charge in [-0.15, -0.1) is 5.10 Å². The molecule has 0 unspecified atom stereocenters. The predicted molar refractivity (Wildman–Crippen MR) is 347 cm³/mol. The second kappa shape index (κ2) is 30.2. The van der Waals surface area contributed by atoms with Crippen LogP contribution in [0.3, 0.4) is 0 Å². The molecule has 27 aliphatic rings. The average molecular weight is 1510 g/mol. The molecule has 0 aromatic carbocycles. The van der Waals surface area contributed by atoms with Gasteiger partial charge in [-0.3, -0.25) is 4.79 Å². The van der Waals surface area contributed by atoms with E-state index < -0.39 is 247 Å². The topological polar surface area (TPSA) is 555 Å². The van der Waals surface area contributed by atoms with Crippen molar-refractivity contribution >= 4 is 5.91 Å². The van der Waals surface area contributed by atoms with Crippen molar-refractivity contribution in [3.63, 3.8) is 0 Å². The third-order valence-corrected chi connectivity index (χ3v) is 27.0. The number of nitrogens with one attached hydrogen (secondary N) is 1. The van der Waals surface area contributed by atoms with Gasteiger partial charge in [-0.25, -0.2) is 4.68 Å². The number of carbonyl (C=O) groups is 1. The summed E-state index contributed by atoms with van der Waals surface area (Å²) in [6.45, 7) is 10.0. The summed E-state index contributed by atoms with van der Waals surface area (Å²) in [7, 11) is 0. The number of amides is 1. The summed E-state index contributed by atoms with van der Waals surface area (Å²) >= 11 is 0. The van der Waals surface area contributed by atoms with E-state index in [2.05, 4.69) is 70.2 Å². The summed E-state index contributed by atoms with van der Waals surface area (Å²) in [5.74, 6) is -0.0941. The van der Waals surface area contributed by atoms with E-state index in [0.717, 1.165) is 32.1 Å². The van der Waals surface area contributed by atoms with Crippen molar-refractivity contribution in [2.75, 3.05) is 33.0 Å². The van der Waals surface area contributed by atoms with Crippen molar-refractivity contribution in [1.29, 1.82) is 0 Å². The zero-order valence-corrected chi connectivity index (χ0v) is 59.8. The molecule has 22 aliphatic heterocycles. The molecule has 26 fully saturated rings. The van der Waals surface area contributed by atoms with E-state index in [1.165, 1.54) is 16.5 Å². The highest BCUT2D eigenvalue weighted by Crippen LogP contribution is 2.76. The Morgan fingerprint density at radius 1 is 0.457 bits per heavy atom. The molecule has 1 aromatic rings. The molecule has 20 N–H and O–H groups in total. The highest BCUT2D eigenvalue weighted by Gasteiger charge is 2.72. The first-order valence-corrected chi connectivity index (χ1v) is 36.9. The summed E-state index contributed by atoms with van der Waals surface area (Å²) in [5, 5.41) is 229. The smallest absolute Gasteiger partial charge is 0.229 e. The summed E-state index contributed by atoms with van der Waals surface area (Å²) in [6.07, 6.45) is -51.3. The Bertz CT molecular complexity index is 3180. The van der Waals surface area contributed by atoms with Crippen molar-refractivity contribution in [3.8, 4) is 0 Å². The Kier molecular flexibility index (Phi) is 23.1. The van der Waals surface area contributed by atoms with Crippen LogP contribution < -0.4 is 5.32 Å².